The van der Waals surface area contributed by atoms with Crippen LogP contribution in [0, 0.1) is 3.57 Å². The van der Waals surface area contributed by atoms with Gasteiger partial charge in [-0.05, 0) is 59.0 Å². The predicted molar refractivity (Wildman–Crippen MR) is 91.0 cm³/mol. The Morgan fingerprint density at radius 1 is 1.30 bits per heavy atom. The monoisotopic (exact) mass is 437 g/mol. The summed E-state index contributed by atoms with van der Waals surface area (Å²) < 4.78 is 32.2. The minimum Gasteiger partial charge on any atom is -0.465 e. The van der Waals surface area contributed by atoms with E-state index < -0.39 is 11.9 Å². The van der Waals surface area contributed by atoms with Crippen molar-refractivity contribution >= 4 is 40.2 Å². The van der Waals surface area contributed by atoms with Crippen LogP contribution in [0.4, 0.5) is 14.5 Å². The molecule has 2 rings (SSSR count). The SMILES string of the molecule is COC(=O)c1cc(I)c(C2CCC(F)(F)CC2)cc1NC(C)=O. The normalized spacial score (nSPS) is 17.6. The number of esters is 1. The van der Waals surface area contributed by atoms with Gasteiger partial charge in [-0.3, -0.25) is 4.79 Å². The summed E-state index contributed by atoms with van der Waals surface area (Å²) in [6.07, 6.45) is 0.504. The molecule has 1 aromatic rings. The number of nitrogens with one attached hydrogen (secondary N) is 1. The summed E-state index contributed by atoms with van der Waals surface area (Å²) >= 11 is 2.09. The molecule has 1 aromatic carbocycles. The lowest BCUT2D eigenvalue weighted by Gasteiger charge is -2.29. The minimum atomic E-state index is -2.59. The highest BCUT2D eigenvalue weighted by molar-refractivity contribution is 14.1. The van der Waals surface area contributed by atoms with Gasteiger partial charge in [-0.15, -0.1) is 0 Å². The van der Waals surface area contributed by atoms with Crippen molar-refractivity contribution in [3.63, 3.8) is 0 Å². The summed E-state index contributed by atoms with van der Waals surface area (Å²) in [4.78, 5) is 23.2. The van der Waals surface area contributed by atoms with E-state index in [0.717, 1.165) is 9.13 Å². The Bertz CT molecular complexity index is 624. The molecule has 0 heterocycles. The number of rotatable bonds is 3. The van der Waals surface area contributed by atoms with Crippen molar-refractivity contribution in [1.82, 2.24) is 0 Å². The second kappa shape index (κ2) is 7.11. The molecule has 0 aromatic heterocycles. The fourth-order valence-electron chi connectivity index (χ4n) is 2.83. The van der Waals surface area contributed by atoms with Crippen molar-refractivity contribution in [2.45, 2.75) is 44.4 Å². The molecule has 1 fully saturated rings. The van der Waals surface area contributed by atoms with Gasteiger partial charge in [0.1, 0.15) is 0 Å². The van der Waals surface area contributed by atoms with Crippen LogP contribution in [0.5, 0.6) is 0 Å². The highest BCUT2D eigenvalue weighted by Gasteiger charge is 2.36. The van der Waals surface area contributed by atoms with E-state index in [4.69, 9.17) is 4.74 Å². The quantitative estimate of drug-likeness (QED) is 0.566. The third-order valence-electron chi connectivity index (χ3n) is 4.01. The molecule has 23 heavy (non-hydrogen) atoms. The molecule has 1 aliphatic rings. The van der Waals surface area contributed by atoms with E-state index in [2.05, 4.69) is 27.9 Å². The Kier molecular flexibility index (Phi) is 5.59. The number of alkyl halides is 2. The van der Waals surface area contributed by atoms with E-state index in [-0.39, 0.29) is 30.2 Å². The van der Waals surface area contributed by atoms with Crippen LogP contribution in [0.3, 0.4) is 0 Å². The van der Waals surface area contributed by atoms with Crippen LogP contribution in [0.2, 0.25) is 0 Å². The fourth-order valence-corrected chi connectivity index (χ4v) is 3.73. The second-order valence-corrected chi connectivity index (χ2v) is 6.88. The van der Waals surface area contributed by atoms with E-state index in [9.17, 15) is 18.4 Å². The molecule has 0 atom stereocenters. The molecule has 0 spiro atoms. The average molecular weight is 437 g/mol. The Morgan fingerprint density at radius 3 is 2.43 bits per heavy atom. The summed E-state index contributed by atoms with van der Waals surface area (Å²) in [7, 11) is 1.27. The maximum Gasteiger partial charge on any atom is 0.340 e. The van der Waals surface area contributed by atoms with Crippen molar-refractivity contribution < 1.29 is 23.1 Å². The van der Waals surface area contributed by atoms with Crippen molar-refractivity contribution in [1.29, 1.82) is 0 Å². The molecule has 0 saturated heterocycles. The average Bonchev–Trinajstić information content (AvgIpc) is 2.47. The van der Waals surface area contributed by atoms with E-state index in [1.54, 1.807) is 12.1 Å². The van der Waals surface area contributed by atoms with Gasteiger partial charge in [0.25, 0.3) is 0 Å². The zero-order chi connectivity index (χ0) is 17.2. The number of methoxy groups -OCH3 is 1. The molecule has 1 aliphatic carbocycles. The number of carbonyl (C=O) groups excluding carboxylic acids is 2. The first-order chi connectivity index (χ1) is 10.7. The van der Waals surface area contributed by atoms with Crippen LogP contribution in [0.25, 0.3) is 0 Å². The summed E-state index contributed by atoms with van der Waals surface area (Å²) in [6.45, 7) is 1.35. The summed E-state index contributed by atoms with van der Waals surface area (Å²) in [5.41, 5.74) is 1.51. The molecule has 0 unspecified atom stereocenters. The van der Waals surface area contributed by atoms with Crippen molar-refractivity contribution in [2.75, 3.05) is 12.4 Å². The van der Waals surface area contributed by atoms with Gasteiger partial charge in [-0.1, -0.05) is 0 Å². The largest absolute Gasteiger partial charge is 0.465 e. The number of carbonyl (C=O) groups is 2. The van der Waals surface area contributed by atoms with Gasteiger partial charge in [0.2, 0.25) is 11.8 Å². The standard InChI is InChI=1S/C16H18F2INO3/c1-9(21)20-14-8-11(10-3-5-16(17,18)6-4-10)13(19)7-12(14)15(22)23-2/h7-8,10H,3-6H2,1-2H3,(H,20,21). The number of amides is 1. The zero-order valence-electron chi connectivity index (χ0n) is 12.9. The highest BCUT2D eigenvalue weighted by atomic mass is 127. The molecule has 126 valence electrons. The van der Waals surface area contributed by atoms with Crippen LogP contribution in [0.15, 0.2) is 12.1 Å². The number of ether oxygens (including phenoxy) is 1. The Labute approximate surface area is 147 Å². The maximum absolute atomic E-state index is 13.3. The first-order valence-corrected chi connectivity index (χ1v) is 8.38. The molecule has 0 radical (unpaired) electrons. The van der Waals surface area contributed by atoms with Gasteiger partial charge in [-0.2, -0.15) is 0 Å². The lowest BCUT2D eigenvalue weighted by atomic mass is 9.82. The van der Waals surface area contributed by atoms with E-state index in [1.165, 1.54) is 14.0 Å². The number of halogens is 3. The van der Waals surface area contributed by atoms with Gasteiger partial charge in [-0.25, -0.2) is 13.6 Å². The van der Waals surface area contributed by atoms with Crippen LogP contribution < -0.4 is 5.32 Å². The molecule has 1 amide bonds. The van der Waals surface area contributed by atoms with E-state index in [0.29, 0.717) is 18.5 Å². The molecule has 0 aliphatic heterocycles. The smallest absolute Gasteiger partial charge is 0.340 e. The number of anilines is 1. The van der Waals surface area contributed by atoms with E-state index >= 15 is 0 Å². The highest BCUT2D eigenvalue weighted by Crippen LogP contribution is 2.43. The molecule has 7 heteroatoms. The predicted octanol–water partition coefficient (Wildman–Crippen LogP) is 4.33. The van der Waals surface area contributed by atoms with E-state index in [1.807, 2.05) is 0 Å². The van der Waals surface area contributed by atoms with Gasteiger partial charge in [0, 0.05) is 23.3 Å². The van der Waals surface area contributed by atoms with Crippen molar-refractivity contribution in [3.8, 4) is 0 Å². The van der Waals surface area contributed by atoms with Crippen LogP contribution in [-0.2, 0) is 9.53 Å². The summed E-state index contributed by atoms with van der Waals surface area (Å²) in [5.74, 6) is -3.44. The lowest BCUT2D eigenvalue weighted by Crippen LogP contribution is -2.24. The molecular weight excluding hydrogens is 419 g/mol. The molecular formula is C16H18F2INO3. The minimum absolute atomic E-state index is 0.000676. The first kappa shape index (κ1) is 18.1. The second-order valence-electron chi connectivity index (χ2n) is 5.72. The maximum atomic E-state index is 13.3. The van der Waals surface area contributed by atoms with Crippen LogP contribution in [0.1, 0.15) is 54.4 Å². The molecule has 1 saturated carbocycles. The fraction of sp³-hybridized carbons (Fsp3) is 0.500. The lowest BCUT2D eigenvalue weighted by molar-refractivity contribution is -0.114. The zero-order valence-corrected chi connectivity index (χ0v) is 15.1. The van der Waals surface area contributed by atoms with Gasteiger partial charge >= 0.3 is 5.97 Å². The number of benzene rings is 1. The number of hydrogen-bond donors (Lipinski definition) is 1. The van der Waals surface area contributed by atoms with Gasteiger partial charge in [0.05, 0.1) is 18.4 Å². The van der Waals surface area contributed by atoms with Crippen molar-refractivity contribution in [2.24, 2.45) is 0 Å². The van der Waals surface area contributed by atoms with Gasteiger partial charge < -0.3 is 10.1 Å². The third-order valence-corrected chi connectivity index (χ3v) is 4.94. The summed E-state index contributed by atoms with van der Waals surface area (Å²) in [6, 6.07) is 3.35. The molecule has 0 bridgehead atoms. The van der Waals surface area contributed by atoms with Gasteiger partial charge in [0.15, 0.2) is 0 Å². The van der Waals surface area contributed by atoms with Crippen LogP contribution >= 0.6 is 22.6 Å². The van der Waals surface area contributed by atoms with Crippen LogP contribution in [-0.4, -0.2) is 24.9 Å². The van der Waals surface area contributed by atoms with Crippen molar-refractivity contribution in [3.05, 3.63) is 26.8 Å². The third kappa shape index (κ3) is 4.39. The topological polar surface area (TPSA) is 55.4 Å². The first-order valence-electron chi connectivity index (χ1n) is 7.30. The molecule has 4 nitrogen and oxygen atoms in total. The Morgan fingerprint density at radius 2 is 1.91 bits per heavy atom. The molecule has 1 N–H and O–H groups in total. The Balaban J connectivity index is 2.37. The summed E-state index contributed by atoms with van der Waals surface area (Å²) in [5, 5.41) is 2.62. The number of hydrogen-bond acceptors (Lipinski definition) is 3. The Hall–Kier alpha value is -1.25.